The Morgan fingerprint density at radius 1 is 1.20 bits per heavy atom. The van der Waals surface area contributed by atoms with Gasteiger partial charge in [-0.25, -0.2) is 0 Å². The van der Waals surface area contributed by atoms with Crippen LogP contribution in [0.15, 0.2) is 30.6 Å². The molecule has 1 aromatic heterocycles. The second kappa shape index (κ2) is 11.1. The van der Waals surface area contributed by atoms with E-state index in [1.165, 1.54) is 0 Å². The van der Waals surface area contributed by atoms with Crippen LogP contribution in [-0.2, 0) is 4.79 Å². The third-order valence-corrected chi connectivity index (χ3v) is 0.566. The summed E-state index contributed by atoms with van der Waals surface area (Å²) in [6.45, 7) is -0.500. The first kappa shape index (κ1) is 11.9. The third-order valence-electron chi connectivity index (χ3n) is 0.566. The van der Waals surface area contributed by atoms with Gasteiger partial charge in [0.15, 0.2) is 0 Å². The molecule has 0 spiro atoms. The minimum Gasteiger partial charge on any atom is -0.554 e. The SMILES string of the molecule is O=C[O-].[Li+].c1ccncc1. The van der Waals surface area contributed by atoms with Crippen molar-refractivity contribution in [2.45, 2.75) is 0 Å². The average molecular weight is 131 g/mol. The van der Waals surface area contributed by atoms with Gasteiger partial charge in [-0.1, -0.05) is 6.07 Å². The van der Waals surface area contributed by atoms with Crippen LogP contribution in [0.4, 0.5) is 0 Å². The zero-order chi connectivity index (χ0) is 6.95. The van der Waals surface area contributed by atoms with E-state index in [1.54, 1.807) is 12.4 Å². The van der Waals surface area contributed by atoms with Crippen LogP contribution >= 0.6 is 0 Å². The first-order valence-corrected chi connectivity index (χ1v) is 2.32. The predicted octanol–water partition coefficient (Wildman–Crippen LogP) is -3.55. The van der Waals surface area contributed by atoms with E-state index in [0.717, 1.165) is 0 Å². The Kier molecular flexibility index (Phi) is 13.2. The molecule has 0 aromatic carbocycles. The summed E-state index contributed by atoms with van der Waals surface area (Å²) in [7, 11) is 0. The monoisotopic (exact) mass is 131 g/mol. The summed E-state index contributed by atoms with van der Waals surface area (Å²) >= 11 is 0. The zero-order valence-corrected chi connectivity index (χ0v) is 5.73. The molecule has 48 valence electrons. The molecule has 0 atom stereocenters. The Bertz CT molecular complexity index is 119. The summed E-state index contributed by atoms with van der Waals surface area (Å²) in [6.07, 6.45) is 3.50. The summed E-state index contributed by atoms with van der Waals surface area (Å²) in [5, 5.41) is 8.25. The molecule has 4 heteroatoms. The standard InChI is InChI=1S/C5H5N.CH2O2.Li/c1-2-4-6-5-3-1;2-1-3;/h1-5H;1H,(H,2,3);/q;;+1/p-1. The van der Waals surface area contributed by atoms with Crippen molar-refractivity contribution in [3.8, 4) is 0 Å². The topological polar surface area (TPSA) is 53.0 Å². The first-order chi connectivity index (χ1) is 4.41. The molecule has 0 aliphatic carbocycles. The Hall–Kier alpha value is -0.783. The van der Waals surface area contributed by atoms with Gasteiger partial charge >= 0.3 is 18.9 Å². The molecule has 3 nitrogen and oxygen atoms in total. The number of nitrogens with zero attached hydrogens (tertiary/aromatic N) is 1. The normalized spacial score (nSPS) is 6.00. The fourth-order valence-electron chi connectivity index (χ4n) is 0.313. The molecular formula is C6H6LiNO2. The Morgan fingerprint density at radius 2 is 1.60 bits per heavy atom. The Balaban J connectivity index is 0. The molecule has 0 amide bonds. The van der Waals surface area contributed by atoms with E-state index in [0.29, 0.717) is 0 Å². The van der Waals surface area contributed by atoms with Crippen molar-refractivity contribution >= 4 is 6.47 Å². The van der Waals surface area contributed by atoms with Crippen LogP contribution in [0.1, 0.15) is 0 Å². The molecule has 1 heterocycles. The maximum Gasteiger partial charge on any atom is 1.00 e. The van der Waals surface area contributed by atoms with Crippen LogP contribution in [0, 0.1) is 0 Å². The molecule has 1 aromatic rings. The number of hydrogen-bond acceptors (Lipinski definition) is 3. The second-order valence-electron chi connectivity index (χ2n) is 1.12. The number of aromatic nitrogens is 1. The number of hydrogen-bond donors (Lipinski definition) is 0. The molecule has 0 saturated carbocycles. The molecule has 0 aliphatic rings. The number of pyridine rings is 1. The van der Waals surface area contributed by atoms with Crippen molar-refractivity contribution in [3.05, 3.63) is 30.6 Å². The van der Waals surface area contributed by atoms with Crippen LogP contribution in [0.3, 0.4) is 0 Å². The van der Waals surface area contributed by atoms with Crippen molar-refractivity contribution < 1.29 is 28.8 Å². The van der Waals surface area contributed by atoms with Crippen molar-refractivity contribution in [2.24, 2.45) is 0 Å². The molecular weight excluding hydrogens is 125 g/mol. The molecule has 0 radical (unpaired) electrons. The smallest absolute Gasteiger partial charge is 0.554 e. The molecule has 1 rings (SSSR count). The van der Waals surface area contributed by atoms with Crippen LogP contribution in [0.5, 0.6) is 0 Å². The minimum atomic E-state index is -0.500. The second-order valence-corrected chi connectivity index (χ2v) is 1.12. The largest absolute Gasteiger partial charge is 1.00 e. The van der Waals surface area contributed by atoms with Gasteiger partial charge in [-0.2, -0.15) is 0 Å². The van der Waals surface area contributed by atoms with E-state index in [4.69, 9.17) is 9.90 Å². The van der Waals surface area contributed by atoms with Gasteiger partial charge < -0.3 is 9.90 Å². The first-order valence-electron chi connectivity index (χ1n) is 2.32. The van der Waals surface area contributed by atoms with E-state index in [9.17, 15) is 0 Å². The maximum absolute atomic E-state index is 8.25. The molecule has 0 aliphatic heterocycles. The van der Waals surface area contributed by atoms with E-state index >= 15 is 0 Å². The van der Waals surface area contributed by atoms with Crippen LogP contribution < -0.4 is 24.0 Å². The zero-order valence-electron chi connectivity index (χ0n) is 5.73. The van der Waals surface area contributed by atoms with Crippen LogP contribution in [0.25, 0.3) is 0 Å². The van der Waals surface area contributed by atoms with Gasteiger partial charge in [-0.05, 0) is 12.1 Å². The quantitative estimate of drug-likeness (QED) is 0.270. The predicted molar refractivity (Wildman–Crippen MR) is 30.3 cm³/mol. The van der Waals surface area contributed by atoms with Gasteiger partial charge in [0.25, 0.3) is 0 Å². The van der Waals surface area contributed by atoms with Crippen molar-refractivity contribution in [1.29, 1.82) is 0 Å². The minimum absolute atomic E-state index is 0. The Morgan fingerprint density at radius 3 is 1.70 bits per heavy atom. The number of carboxylic acid groups (broad SMARTS) is 1. The van der Waals surface area contributed by atoms with Crippen LogP contribution in [0.2, 0.25) is 0 Å². The average Bonchev–Trinajstić information content (AvgIpc) is 1.93. The summed E-state index contributed by atoms with van der Waals surface area (Å²) in [5.41, 5.74) is 0. The summed E-state index contributed by atoms with van der Waals surface area (Å²) in [5.74, 6) is 0. The van der Waals surface area contributed by atoms with Crippen molar-refractivity contribution in [2.75, 3.05) is 0 Å². The van der Waals surface area contributed by atoms with Gasteiger partial charge in [-0.3, -0.25) is 4.98 Å². The Labute approximate surface area is 71.3 Å². The molecule has 0 unspecified atom stereocenters. The van der Waals surface area contributed by atoms with Crippen LogP contribution in [-0.4, -0.2) is 11.5 Å². The van der Waals surface area contributed by atoms with E-state index in [1.807, 2.05) is 18.2 Å². The molecule has 0 bridgehead atoms. The fraction of sp³-hybridized carbons (Fsp3) is 0. The number of rotatable bonds is 0. The van der Waals surface area contributed by atoms with Gasteiger partial charge in [0.05, 0.1) is 0 Å². The third kappa shape index (κ3) is 10.2. The van der Waals surface area contributed by atoms with E-state index in [-0.39, 0.29) is 18.9 Å². The molecule has 0 saturated heterocycles. The summed E-state index contributed by atoms with van der Waals surface area (Å²) in [4.78, 5) is 12.0. The van der Waals surface area contributed by atoms with Crippen molar-refractivity contribution in [1.82, 2.24) is 4.98 Å². The molecule has 10 heavy (non-hydrogen) atoms. The van der Waals surface area contributed by atoms with Gasteiger partial charge in [0.2, 0.25) is 0 Å². The van der Waals surface area contributed by atoms with E-state index in [2.05, 4.69) is 4.98 Å². The van der Waals surface area contributed by atoms with Gasteiger partial charge in [0.1, 0.15) is 0 Å². The summed E-state index contributed by atoms with van der Waals surface area (Å²) < 4.78 is 0. The van der Waals surface area contributed by atoms with E-state index < -0.39 is 6.47 Å². The summed E-state index contributed by atoms with van der Waals surface area (Å²) in [6, 6.07) is 5.72. The van der Waals surface area contributed by atoms with Crippen molar-refractivity contribution in [3.63, 3.8) is 0 Å². The number of carbonyl (C=O) groups excluding carboxylic acids is 1. The maximum atomic E-state index is 8.25. The molecule has 0 fully saturated rings. The van der Waals surface area contributed by atoms with Gasteiger partial charge in [-0.15, -0.1) is 0 Å². The fourth-order valence-corrected chi connectivity index (χ4v) is 0.313. The molecule has 0 N–H and O–H groups in total. The number of carbonyl (C=O) groups is 1. The van der Waals surface area contributed by atoms with Gasteiger partial charge in [0, 0.05) is 18.9 Å².